The molecular weight excluding hydrogens is 300 g/mol. The highest BCUT2D eigenvalue weighted by molar-refractivity contribution is 8.00. The van der Waals surface area contributed by atoms with Gasteiger partial charge in [-0.2, -0.15) is 15.0 Å². The third-order valence-corrected chi connectivity index (χ3v) is 3.99. The van der Waals surface area contributed by atoms with Crippen LogP contribution in [0.15, 0.2) is 23.4 Å². The minimum atomic E-state index is -0.403. The number of aryl methyl sites for hydroxylation is 2. The van der Waals surface area contributed by atoms with Gasteiger partial charge in [0.15, 0.2) is 5.16 Å². The van der Waals surface area contributed by atoms with E-state index in [0.29, 0.717) is 5.16 Å². The Labute approximate surface area is 132 Å². The molecule has 0 aliphatic carbocycles. The number of nitrogens with two attached hydrogens (primary N) is 2. The van der Waals surface area contributed by atoms with Gasteiger partial charge in [0.1, 0.15) is 0 Å². The predicted molar refractivity (Wildman–Crippen MR) is 88.5 cm³/mol. The number of anilines is 3. The number of nitrogens with one attached hydrogen (secondary N) is 1. The number of thioether (sulfide) groups is 1. The molecule has 0 aliphatic rings. The maximum absolute atomic E-state index is 12.3. The van der Waals surface area contributed by atoms with Crippen molar-refractivity contribution in [3.05, 3.63) is 29.3 Å². The van der Waals surface area contributed by atoms with Crippen LogP contribution >= 0.6 is 11.8 Å². The number of carbonyl (C=O) groups is 1. The molecule has 1 heterocycles. The molecule has 7 nitrogen and oxygen atoms in total. The first-order valence-electron chi connectivity index (χ1n) is 6.67. The summed E-state index contributed by atoms with van der Waals surface area (Å²) in [5, 5.41) is 2.86. The number of para-hydroxylation sites is 1. The summed E-state index contributed by atoms with van der Waals surface area (Å²) in [4.78, 5) is 23.9. The maximum Gasteiger partial charge on any atom is 0.237 e. The van der Waals surface area contributed by atoms with Crippen LogP contribution in [0.4, 0.5) is 17.6 Å². The van der Waals surface area contributed by atoms with Gasteiger partial charge in [0.2, 0.25) is 17.8 Å². The highest BCUT2D eigenvalue weighted by Crippen LogP contribution is 2.24. The molecule has 1 aromatic carbocycles. The van der Waals surface area contributed by atoms with Crippen molar-refractivity contribution in [1.82, 2.24) is 15.0 Å². The molecule has 2 aromatic rings. The number of aromatic nitrogens is 3. The van der Waals surface area contributed by atoms with E-state index in [0.717, 1.165) is 16.8 Å². The molecule has 0 spiro atoms. The van der Waals surface area contributed by atoms with Gasteiger partial charge in [-0.05, 0) is 31.9 Å². The van der Waals surface area contributed by atoms with Gasteiger partial charge < -0.3 is 16.8 Å². The molecular formula is C14H18N6OS. The quantitative estimate of drug-likeness (QED) is 0.735. The van der Waals surface area contributed by atoms with Crippen LogP contribution in [0, 0.1) is 13.8 Å². The second kappa shape index (κ2) is 6.61. The molecule has 5 N–H and O–H groups in total. The molecule has 2 rings (SSSR count). The summed E-state index contributed by atoms with van der Waals surface area (Å²) in [6.45, 7) is 5.67. The highest BCUT2D eigenvalue weighted by atomic mass is 32.2. The second-order valence-corrected chi connectivity index (χ2v) is 6.16. The summed E-state index contributed by atoms with van der Waals surface area (Å²) in [6.07, 6.45) is 0. The Morgan fingerprint density at radius 2 is 1.68 bits per heavy atom. The van der Waals surface area contributed by atoms with E-state index in [4.69, 9.17) is 11.5 Å². The summed E-state index contributed by atoms with van der Waals surface area (Å²) in [5.41, 5.74) is 13.9. The molecule has 0 saturated carbocycles. The van der Waals surface area contributed by atoms with Gasteiger partial charge in [-0.25, -0.2) is 0 Å². The molecule has 116 valence electrons. The number of hydrogen-bond acceptors (Lipinski definition) is 7. The van der Waals surface area contributed by atoms with Gasteiger partial charge in [0.25, 0.3) is 0 Å². The zero-order chi connectivity index (χ0) is 16.3. The fraction of sp³-hybridized carbons (Fsp3) is 0.286. The van der Waals surface area contributed by atoms with Crippen LogP contribution < -0.4 is 16.8 Å². The monoisotopic (exact) mass is 318 g/mol. The molecule has 0 bridgehead atoms. The molecule has 1 aromatic heterocycles. The van der Waals surface area contributed by atoms with Crippen molar-refractivity contribution in [3.63, 3.8) is 0 Å². The Bertz CT molecular complexity index is 665. The maximum atomic E-state index is 12.3. The molecule has 22 heavy (non-hydrogen) atoms. The summed E-state index contributed by atoms with van der Waals surface area (Å²) < 4.78 is 0. The number of rotatable bonds is 4. The van der Waals surface area contributed by atoms with Crippen LogP contribution in [0.3, 0.4) is 0 Å². The van der Waals surface area contributed by atoms with Crippen molar-refractivity contribution < 1.29 is 4.79 Å². The lowest BCUT2D eigenvalue weighted by Crippen LogP contribution is -2.23. The van der Waals surface area contributed by atoms with E-state index in [1.807, 2.05) is 32.0 Å². The minimum Gasteiger partial charge on any atom is -0.368 e. The van der Waals surface area contributed by atoms with Crippen molar-refractivity contribution in [2.45, 2.75) is 31.2 Å². The van der Waals surface area contributed by atoms with Crippen molar-refractivity contribution in [2.75, 3.05) is 16.8 Å². The largest absolute Gasteiger partial charge is 0.368 e. The van der Waals surface area contributed by atoms with Crippen LogP contribution in [-0.4, -0.2) is 26.1 Å². The SMILES string of the molecule is Cc1cccc(C)c1NC(=O)[C@H](C)Sc1nc(N)nc(N)n1. The van der Waals surface area contributed by atoms with Crippen molar-refractivity contribution in [2.24, 2.45) is 0 Å². The van der Waals surface area contributed by atoms with Crippen LogP contribution in [0.5, 0.6) is 0 Å². The smallest absolute Gasteiger partial charge is 0.237 e. The first-order chi connectivity index (χ1) is 10.4. The summed E-state index contributed by atoms with van der Waals surface area (Å²) >= 11 is 1.18. The van der Waals surface area contributed by atoms with E-state index < -0.39 is 5.25 Å². The third-order valence-electron chi connectivity index (χ3n) is 3.03. The lowest BCUT2D eigenvalue weighted by molar-refractivity contribution is -0.115. The molecule has 0 aliphatic heterocycles. The van der Waals surface area contributed by atoms with E-state index in [2.05, 4.69) is 20.3 Å². The van der Waals surface area contributed by atoms with Crippen LogP contribution in [0.1, 0.15) is 18.1 Å². The van der Waals surface area contributed by atoms with Crippen LogP contribution in [0.2, 0.25) is 0 Å². The lowest BCUT2D eigenvalue weighted by Gasteiger charge is -2.14. The molecule has 8 heteroatoms. The molecule has 1 atom stereocenters. The first kappa shape index (κ1) is 16.0. The molecule has 0 radical (unpaired) electrons. The van der Waals surface area contributed by atoms with Gasteiger partial charge >= 0.3 is 0 Å². The second-order valence-electron chi connectivity index (χ2n) is 4.85. The Morgan fingerprint density at radius 1 is 1.14 bits per heavy atom. The van der Waals surface area contributed by atoms with Gasteiger partial charge in [0, 0.05) is 5.69 Å². The number of nitrogens with zero attached hydrogens (tertiary/aromatic N) is 3. The van der Waals surface area contributed by atoms with E-state index in [1.54, 1.807) is 6.92 Å². The van der Waals surface area contributed by atoms with Crippen LogP contribution in [-0.2, 0) is 4.79 Å². The van der Waals surface area contributed by atoms with E-state index in [9.17, 15) is 4.79 Å². The van der Waals surface area contributed by atoms with Crippen molar-refractivity contribution >= 4 is 35.3 Å². The zero-order valence-electron chi connectivity index (χ0n) is 12.6. The summed E-state index contributed by atoms with van der Waals surface area (Å²) in [5.74, 6) is -0.0605. The van der Waals surface area contributed by atoms with Gasteiger partial charge in [-0.1, -0.05) is 30.0 Å². The molecule has 0 saturated heterocycles. The average molecular weight is 318 g/mol. The first-order valence-corrected chi connectivity index (χ1v) is 7.55. The number of carbonyl (C=O) groups excluding carboxylic acids is 1. The number of nitrogen functional groups attached to an aromatic ring is 2. The standard InChI is InChI=1S/C14H18N6OS/c1-7-5-4-6-8(2)10(7)17-11(21)9(3)22-14-19-12(15)18-13(16)20-14/h4-6,9H,1-3H3,(H,17,21)(H4,15,16,18,19,20)/t9-/m0/s1. The molecule has 1 amide bonds. The molecule has 0 fully saturated rings. The fourth-order valence-corrected chi connectivity index (χ4v) is 2.66. The van der Waals surface area contributed by atoms with Crippen molar-refractivity contribution in [3.8, 4) is 0 Å². The summed E-state index contributed by atoms with van der Waals surface area (Å²) in [7, 11) is 0. The zero-order valence-corrected chi connectivity index (χ0v) is 13.4. The van der Waals surface area contributed by atoms with E-state index in [1.165, 1.54) is 11.8 Å². The number of amides is 1. The third kappa shape index (κ3) is 3.85. The normalized spacial score (nSPS) is 12.0. The Hall–Kier alpha value is -2.35. The summed E-state index contributed by atoms with van der Waals surface area (Å²) in [6, 6.07) is 5.86. The predicted octanol–water partition coefficient (Wildman–Crippen LogP) is 1.77. The molecule has 0 unspecified atom stereocenters. The van der Waals surface area contributed by atoms with Gasteiger partial charge in [-0.3, -0.25) is 4.79 Å². The number of hydrogen-bond donors (Lipinski definition) is 3. The highest BCUT2D eigenvalue weighted by Gasteiger charge is 2.18. The Morgan fingerprint density at radius 3 is 2.23 bits per heavy atom. The van der Waals surface area contributed by atoms with Gasteiger partial charge in [-0.15, -0.1) is 0 Å². The van der Waals surface area contributed by atoms with E-state index >= 15 is 0 Å². The van der Waals surface area contributed by atoms with Crippen molar-refractivity contribution in [1.29, 1.82) is 0 Å². The minimum absolute atomic E-state index is 0.0392. The Balaban J connectivity index is 2.09. The van der Waals surface area contributed by atoms with Gasteiger partial charge in [0.05, 0.1) is 5.25 Å². The van der Waals surface area contributed by atoms with E-state index in [-0.39, 0.29) is 17.8 Å². The van der Waals surface area contributed by atoms with Crippen LogP contribution in [0.25, 0.3) is 0 Å². The fourth-order valence-electron chi connectivity index (χ4n) is 1.89. The lowest BCUT2D eigenvalue weighted by atomic mass is 10.1. The Kier molecular flexibility index (Phi) is 4.81. The number of benzene rings is 1. The average Bonchev–Trinajstić information content (AvgIpc) is 2.41. The topological polar surface area (TPSA) is 120 Å².